The highest BCUT2D eigenvalue weighted by atomic mass is 79.9. The van der Waals surface area contributed by atoms with Crippen LogP contribution in [0.1, 0.15) is 12.0 Å². The largest absolute Gasteiger partial charge is 0.383 e. The molecule has 84 valence electrons. The Morgan fingerprint density at radius 2 is 2.00 bits per heavy atom. The first-order chi connectivity index (χ1) is 6.73. The summed E-state index contributed by atoms with van der Waals surface area (Å²) in [5.41, 5.74) is 4.68. The number of nitrogens with two attached hydrogens (primary N) is 2. The van der Waals surface area contributed by atoms with Crippen molar-refractivity contribution in [3.8, 4) is 0 Å². The topological polar surface area (TPSA) is 99.1 Å². The summed E-state index contributed by atoms with van der Waals surface area (Å²) >= 11 is 2.78. The maximum Gasteiger partial charge on any atom is 0.265 e. The molecule has 0 atom stereocenters. The molecule has 9 heteroatoms. The Bertz CT molecular complexity index is 491. The van der Waals surface area contributed by atoms with Gasteiger partial charge in [0.25, 0.3) is 16.4 Å². The molecule has 4 N–H and O–H groups in total. The quantitative estimate of drug-likeness (QED) is 0.851. The van der Waals surface area contributed by atoms with Crippen molar-refractivity contribution in [3.05, 3.63) is 16.1 Å². The summed E-state index contributed by atoms with van der Waals surface area (Å²) in [5, 5.41) is 4.06. The molecule has 5 nitrogen and oxygen atoms in total. The minimum atomic E-state index is -4.14. The summed E-state index contributed by atoms with van der Waals surface area (Å²) in [7, 11) is -4.14. The predicted octanol–water partition coefficient (Wildman–Crippen LogP) is 1.01. The number of sulfonamides is 1. The second-order valence-corrected chi connectivity index (χ2v) is 4.90. The van der Waals surface area contributed by atoms with E-state index in [1.54, 1.807) is 0 Å². The number of primary sulfonamides is 1. The molecule has 0 aliphatic heterocycles. The van der Waals surface area contributed by atoms with E-state index >= 15 is 0 Å². The van der Waals surface area contributed by atoms with Crippen molar-refractivity contribution in [2.75, 3.05) is 5.73 Å². The van der Waals surface area contributed by atoms with E-state index in [2.05, 4.69) is 20.9 Å². The Labute approximate surface area is 92.7 Å². The molecular formula is C6H6BrF2N3O2S. The van der Waals surface area contributed by atoms with Gasteiger partial charge >= 0.3 is 0 Å². The Morgan fingerprint density at radius 1 is 1.47 bits per heavy atom. The fraction of sp³-hybridized carbons (Fsp3) is 0.167. The van der Waals surface area contributed by atoms with E-state index in [4.69, 9.17) is 10.9 Å². The molecule has 1 aromatic heterocycles. The smallest absolute Gasteiger partial charge is 0.265 e. The van der Waals surface area contributed by atoms with Crippen LogP contribution >= 0.6 is 15.9 Å². The summed E-state index contributed by atoms with van der Waals surface area (Å²) in [6.07, 6.45) is -2.87. The zero-order valence-electron chi connectivity index (χ0n) is 7.12. The van der Waals surface area contributed by atoms with Gasteiger partial charge in [-0.15, -0.1) is 0 Å². The summed E-state index contributed by atoms with van der Waals surface area (Å²) < 4.78 is 46.5. The normalized spacial score (nSPS) is 12.1. The van der Waals surface area contributed by atoms with Crippen LogP contribution in [0, 0.1) is 0 Å². The fourth-order valence-corrected chi connectivity index (χ4v) is 1.74. The number of hydrogen-bond donors (Lipinski definition) is 2. The summed E-state index contributed by atoms with van der Waals surface area (Å²) in [5.74, 6) is -0.350. The first-order valence-corrected chi connectivity index (χ1v) is 5.84. The lowest BCUT2D eigenvalue weighted by Gasteiger charge is -2.07. The lowest BCUT2D eigenvalue weighted by Crippen LogP contribution is -2.15. The van der Waals surface area contributed by atoms with Crippen LogP contribution in [0.15, 0.2) is 15.6 Å². The standard InChI is InChI=1S/C6H6BrF2N3O2S/c7-4-2(5(8)9)1-3(12-6(4)10)15(11,13)14/h1,5H,(H2,10,12)(H2,11,13,14). The van der Waals surface area contributed by atoms with Gasteiger partial charge < -0.3 is 5.73 Å². The van der Waals surface area contributed by atoms with Crippen LogP contribution in [0.3, 0.4) is 0 Å². The van der Waals surface area contributed by atoms with Crippen molar-refractivity contribution in [2.45, 2.75) is 11.5 Å². The Morgan fingerprint density at radius 3 is 2.40 bits per heavy atom. The van der Waals surface area contributed by atoms with E-state index in [9.17, 15) is 17.2 Å². The van der Waals surface area contributed by atoms with Crippen molar-refractivity contribution in [2.24, 2.45) is 5.14 Å². The molecule has 1 aromatic rings. The van der Waals surface area contributed by atoms with Crippen LogP contribution in [-0.4, -0.2) is 13.4 Å². The Kier molecular flexibility index (Phi) is 3.26. The monoisotopic (exact) mass is 301 g/mol. The maximum atomic E-state index is 12.4. The van der Waals surface area contributed by atoms with Gasteiger partial charge in [0.05, 0.1) is 4.47 Å². The third-order valence-corrected chi connectivity index (χ3v) is 3.17. The van der Waals surface area contributed by atoms with Crippen LogP contribution in [0.25, 0.3) is 0 Å². The Hall–Kier alpha value is -0.800. The molecule has 0 radical (unpaired) electrons. The zero-order valence-corrected chi connectivity index (χ0v) is 9.52. The van der Waals surface area contributed by atoms with Gasteiger partial charge in [-0.25, -0.2) is 27.3 Å². The van der Waals surface area contributed by atoms with Gasteiger partial charge in [-0.3, -0.25) is 0 Å². The maximum absolute atomic E-state index is 12.4. The lowest BCUT2D eigenvalue weighted by molar-refractivity contribution is 0.150. The van der Waals surface area contributed by atoms with Gasteiger partial charge in [-0.2, -0.15) is 0 Å². The minimum Gasteiger partial charge on any atom is -0.383 e. The summed E-state index contributed by atoms with van der Waals surface area (Å²) in [4.78, 5) is 3.37. The average molecular weight is 302 g/mol. The molecule has 0 saturated carbocycles. The molecule has 1 heterocycles. The van der Waals surface area contributed by atoms with Crippen LogP contribution < -0.4 is 10.9 Å². The van der Waals surface area contributed by atoms with E-state index in [0.29, 0.717) is 6.07 Å². The molecule has 0 aromatic carbocycles. The number of hydrogen-bond acceptors (Lipinski definition) is 4. The van der Waals surface area contributed by atoms with Crippen molar-refractivity contribution in [3.63, 3.8) is 0 Å². The highest BCUT2D eigenvalue weighted by molar-refractivity contribution is 9.10. The van der Waals surface area contributed by atoms with E-state index in [1.807, 2.05) is 0 Å². The van der Waals surface area contributed by atoms with E-state index in [1.165, 1.54) is 0 Å². The number of aromatic nitrogens is 1. The van der Waals surface area contributed by atoms with E-state index < -0.39 is 27.0 Å². The molecule has 15 heavy (non-hydrogen) atoms. The van der Waals surface area contributed by atoms with E-state index in [0.717, 1.165) is 0 Å². The van der Waals surface area contributed by atoms with Crippen LogP contribution in [0.5, 0.6) is 0 Å². The summed E-state index contributed by atoms with van der Waals surface area (Å²) in [6.45, 7) is 0. The molecule has 0 aliphatic rings. The van der Waals surface area contributed by atoms with Gasteiger partial charge in [-0.1, -0.05) is 0 Å². The Balaban J connectivity index is 3.50. The van der Waals surface area contributed by atoms with Crippen molar-refractivity contribution in [1.82, 2.24) is 4.98 Å². The first kappa shape index (κ1) is 12.3. The number of nitrogens with zero attached hydrogens (tertiary/aromatic N) is 1. The third kappa shape index (κ3) is 2.61. The second-order valence-electron chi connectivity index (χ2n) is 2.59. The third-order valence-electron chi connectivity index (χ3n) is 1.51. The van der Waals surface area contributed by atoms with Crippen LogP contribution in [0.4, 0.5) is 14.6 Å². The molecule has 0 unspecified atom stereocenters. The molecule has 0 amide bonds. The van der Waals surface area contributed by atoms with Crippen molar-refractivity contribution < 1.29 is 17.2 Å². The van der Waals surface area contributed by atoms with Gasteiger partial charge in [0.15, 0.2) is 5.03 Å². The van der Waals surface area contributed by atoms with E-state index in [-0.39, 0.29) is 10.3 Å². The van der Waals surface area contributed by atoms with Crippen LogP contribution in [-0.2, 0) is 10.0 Å². The predicted molar refractivity (Wildman–Crippen MR) is 52.7 cm³/mol. The van der Waals surface area contributed by atoms with Gasteiger partial charge in [-0.05, 0) is 22.0 Å². The van der Waals surface area contributed by atoms with Crippen molar-refractivity contribution >= 4 is 31.8 Å². The SMILES string of the molecule is Nc1nc(S(N)(=O)=O)cc(C(F)F)c1Br. The molecule has 0 saturated heterocycles. The number of nitrogen functional groups attached to an aromatic ring is 1. The average Bonchev–Trinajstić information content (AvgIpc) is 2.06. The van der Waals surface area contributed by atoms with Crippen LogP contribution in [0.2, 0.25) is 0 Å². The molecule has 1 rings (SSSR count). The zero-order chi connectivity index (χ0) is 11.8. The molecule has 0 fully saturated rings. The highest BCUT2D eigenvalue weighted by Gasteiger charge is 2.20. The minimum absolute atomic E-state index is 0.134. The molecule has 0 bridgehead atoms. The highest BCUT2D eigenvalue weighted by Crippen LogP contribution is 2.31. The lowest BCUT2D eigenvalue weighted by atomic mass is 10.3. The molecule has 0 spiro atoms. The molecule has 0 aliphatic carbocycles. The summed E-state index contributed by atoms with van der Waals surface area (Å²) in [6, 6.07) is 0.681. The van der Waals surface area contributed by atoms with Gasteiger partial charge in [0.1, 0.15) is 5.82 Å². The number of rotatable bonds is 2. The molecular weight excluding hydrogens is 296 g/mol. The second kappa shape index (κ2) is 3.99. The number of alkyl halides is 2. The number of halogens is 3. The number of anilines is 1. The van der Waals surface area contributed by atoms with Gasteiger partial charge in [0, 0.05) is 5.56 Å². The fourth-order valence-electron chi connectivity index (χ4n) is 0.849. The first-order valence-electron chi connectivity index (χ1n) is 3.50. The van der Waals surface area contributed by atoms with Gasteiger partial charge in [0.2, 0.25) is 0 Å². The number of pyridine rings is 1. The van der Waals surface area contributed by atoms with Crippen molar-refractivity contribution in [1.29, 1.82) is 0 Å².